The summed E-state index contributed by atoms with van der Waals surface area (Å²) >= 11 is 0. The molecule has 0 saturated carbocycles. The van der Waals surface area contributed by atoms with Crippen LogP contribution < -0.4 is 15.8 Å². The van der Waals surface area contributed by atoms with Gasteiger partial charge < -0.3 is 16.0 Å². The average molecular weight is 492 g/mol. The van der Waals surface area contributed by atoms with E-state index in [-0.39, 0.29) is 34.6 Å². The summed E-state index contributed by atoms with van der Waals surface area (Å²) in [6, 6.07) is 1.74. The zero-order valence-electron chi connectivity index (χ0n) is 18.4. The topological polar surface area (TPSA) is 155 Å². The normalized spacial score (nSPS) is 12.4. The number of anilines is 2. The fraction of sp³-hybridized carbons (Fsp3) is 0.238. The number of carbonyl (C=O) groups is 1. The molecule has 2 aromatic heterocycles. The van der Waals surface area contributed by atoms with Gasteiger partial charge in [-0.05, 0) is 25.5 Å². The minimum Gasteiger partial charge on any atom is -0.403 e. The summed E-state index contributed by atoms with van der Waals surface area (Å²) in [7, 11) is -3.87. The van der Waals surface area contributed by atoms with Crippen molar-refractivity contribution in [2.75, 3.05) is 22.3 Å². The first kappa shape index (κ1) is 24.8. The van der Waals surface area contributed by atoms with Gasteiger partial charge in [0.15, 0.2) is 5.82 Å². The maximum absolute atomic E-state index is 15.2. The molecule has 0 aliphatic heterocycles. The van der Waals surface area contributed by atoms with Gasteiger partial charge in [-0.2, -0.15) is 0 Å². The van der Waals surface area contributed by atoms with Gasteiger partial charge >= 0.3 is 0 Å². The Morgan fingerprint density at radius 3 is 2.71 bits per heavy atom. The lowest BCUT2D eigenvalue weighted by Gasteiger charge is -2.12. The van der Waals surface area contributed by atoms with Gasteiger partial charge in [0.25, 0.3) is 0 Å². The largest absolute Gasteiger partial charge is 0.403 e. The molecule has 3 aromatic rings. The zero-order chi connectivity index (χ0) is 24.9. The standard InChI is InChI=1S/C21H23F2N7O3S/c1-3-7-34(32,33)30-15-6-5-14(22)17(18(15)23)19(31)13-10-26-20-16(13)21(28-11-27-20)29-12(8-24)9-25-4-2/h5-6,8-11,30H,3-4,7,24H2,1-2H3,(H2,26,27,28,29). The number of nitrogens with two attached hydrogens (primary N) is 1. The van der Waals surface area contributed by atoms with Crippen molar-refractivity contribution in [2.24, 2.45) is 10.7 Å². The maximum Gasteiger partial charge on any atom is 0.232 e. The summed E-state index contributed by atoms with van der Waals surface area (Å²) in [6.45, 7) is 3.97. The van der Waals surface area contributed by atoms with Crippen molar-refractivity contribution in [1.82, 2.24) is 15.0 Å². The van der Waals surface area contributed by atoms with E-state index in [4.69, 9.17) is 5.73 Å². The third-order valence-electron chi connectivity index (χ3n) is 4.63. The van der Waals surface area contributed by atoms with Crippen LogP contribution in [0, 0.1) is 11.6 Å². The highest BCUT2D eigenvalue weighted by Gasteiger charge is 2.27. The number of aromatic amines is 1. The van der Waals surface area contributed by atoms with Crippen LogP contribution >= 0.6 is 0 Å². The van der Waals surface area contributed by atoms with Gasteiger partial charge in [0.1, 0.15) is 23.6 Å². The molecule has 2 heterocycles. The van der Waals surface area contributed by atoms with E-state index in [0.29, 0.717) is 12.2 Å². The first-order chi connectivity index (χ1) is 16.2. The van der Waals surface area contributed by atoms with E-state index < -0.39 is 38.7 Å². The molecule has 0 atom stereocenters. The second kappa shape index (κ2) is 10.4. The van der Waals surface area contributed by atoms with Gasteiger partial charge in [0.05, 0.1) is 33.7 Å². The number of rotatable bonds is 10. The van der Waals surface area contributed by atoms with Crippen molar-refractivity contribution in [3.8, 4) is 0 Å². The Labute approximate surface area is 194 Å². The summed E-state index contributed by atoms with van der Waals surface area (Å²) in [5.41, 5.74) is 4.62. The molecule has 0 aliphatic carbocycles. The Bertz CT molecular complexity index is 1380. The van der Waals surface area contributed by atoms with Gasteiger partial charge in [0.2, 0.25) is 15.8 Å². The Balaban J connectivity index is 2.09. The second-order valence-electron chi connectivity index (χ2n) is 7.06. The Morgan fingerprint density at radius 1 is 1.26 bits per heavy atom. The number of nitrogens with one attached hydrogen (secondary N) is 3. The molecule has 0 aliphatic rings. The van der Waals surface area contributed by atoms with Gasteiger partial charge in [-0.3, -0.25) is 14.5 Å². The highest BCUT2D eigenvalue weighted by Crippen LogP contribution is 2.30. The van der Waals surface area contributed by atoms with E-state index in [0.717, 1.165) is 12.1 Å². The highest BCUT2D eigenvalue weighted by atomic mass is 32.2. The van der Waals surface area contributed by atoms with E-state index in [1.165, 1.54) is 24.9 Å². The highest BCUT2D eigenvalue weighted by molar-refractivity contribution is 7.92. The lowest BCUT2D eigenvalue weighted by Crippen LogP contribution is -2.18. The number of hydrogen-bond donors (Lipinski definition) is 4. The fourth-order valence-electron chi connectivity index (χ4n) is 3.14. The SMILES string of the molecule is CCCS(=O)(=O)Nc1ccc(F)c(C(=O)c2c[nH]c3ncnc(NC(C=NCC)=CN)c23)c1F. The maximum atomic E-state index is 15.2. The number of allylic oxidation sites excluding steroid dienone is 1. The van der Waals surface area contributed by atoms with Gasteiger partial charge in [-0.25, -0.2) is 27.2 Å². The molecular weight excluding hydrogens is 468 g/mol. The number of H-pyrrole nitrogens is 1. The third-order valence-corrected chi connectivity index (χ3v) is 6.10. The molecular formula is C21H23F2N7O3S. The molecule has 5 N–H and O–H groups in total. The number of halogens is 2. The molecule has 0 radical (unpaired) electrons. The molecule has 1 aromatic carbocycles. The van der Waals surface area contributed by atoms with Crippen LogP contribution in [0.3, 0.4) is 0 Å². The van der Waals surface area contributed by atoms with Crippen LogP contribution in [0.15, 0.2) is 41.5 Å². The summed E-state index contributed by atoms with van der Waals surface area (Å²) < 4.78 is 56.0. The van der Waals surface area contributed by atoms with E-state index >= 15 is 4.39 Å². The van der Waals surface area contributed by atoms with Crippen LogP contribution in [-0.2, 0) is 10.0 Å². The van der Waals surface area contributed by atoms with Crippen LogP contribution in [-0.4, -0.2) is 47.7 Å². The van der Waals surface area contributed by atoms with E-state index in [1.54, 1.807) is 6.92 Å². The third kappa shape index (κ3) is 5.20. The molecule has 34 heavy (non-hydrogen) atoms. The molecule has 0 saturated heterocycles. The second-order valence-corrected chi connectivity index (χ2v) is 8.90. The first-order valence-electron chi connectivity index (χ1n) is 10.3. The quantitative estimate of drug-likeness (QED) is 0.251. The average Bonchev–Trinajstić information content (AvgIpc) is 3.23. The molecule has 3 rings (SSSR count). The Hall–Kier alpha value is -3.87. The molecule has 0 amide bonds. The predicted octanol–water partition coefficient (Wildman–Crippen LogP) is 2.92. The number of sulfonamides is 1. The number of benzene rings is 1. The summed E-state index contributed by atoms with van der Waals surface area (Å²) in [5.74, 6) is -3.63. The van der Waals surface area contributed by atoms with Crippen molar-refractivity contribution in [3.05, 3.63) is 59.3 Å². The molecule has 180 valence electrons. The number of fused-ring (bicyclic) bond motifs is 1. The number of carbonyl (C=O) groups excluding carboxylic acids is 1. The van der Waals surface area contributed by atoms with Crippen LogP contribution in [0.1, 0.15) is 36.2 Å². The summed E-state index contributed by atoms with van der Waals surface area (Å²) in [4.78, 5) is 28.3. The van der Waals surface area contributed by atoms with Crippen molar-refractivity contribution in [1.29, 1.82) is 0 Å². The van der Waals surface area contributed by atoms with Gasteiger partial charge in [0, 0.05) is 25.2 Å². The smallest absolute Gasteiger partial charge is 0.232 e. The van der Waals surface area contributed by atoms with E-state index in [1.807, 2.05) is 6.92 Å². The van der Waals surface area contributed by atoms with Crippen molar-refractivity contribution in [3.63, 3.8) is 0 Å². The minimum atomic E-state index is -3.87. The van der Waals surface area contributed by atoms with Crippen LogP contribution in [0.2, 0.25) is 0 Å². The van der Waals surface area contributed by atoms with E-state index in [9.17, 15) is 17.6 Å². The number of ketones is 1. The number of nitrogens with zero attached hydrogens (tertiary/aromatic N) is 3. The first-order valence-corrected chi connectivity index (χ1v) is 11.9. The number of aliphatic imine (C=N–C) groups is 1. The van der Waals surface area contributed by atoms with E-state index in [2.05, 4.69) is 30.0 Å². The Kier molecular flexibility index (Phi) is 7.56. The van der Waals surface area contributed by atoms with Crippen LogP contribution in [0.25, 0.3) is 11.0 Å². The molecule has 0 bridgehead atoms. The van der Waals surface area contributed by atoms with Crippen molar-refractivity contribution >= 4 is 44.6 Å². The van der Waals surface area contributed by atoms with Crippen LogP contribution in [0.5, 0.6) is 0 Å². The Morgan fingerprint density at radius 2 is 2.03 bits per heavy atom. The van der Waals surface area contributed by atoms with Crippen LogP contribution in [0.4, 0.5) is 20.3 Å². The molecule has 0 spiro atoms. The number of aromatic nitrogens is 3. The molecule has 0 unspecified atom stereocenters. The van der Waals surface area contributed by atoms with Crippen molar-refractivity contribution in [2.45, 2.75) is 20.3 Å². The van der Waals surface area contributed by atoms with Crippen molar-refractivity contribution < 1.29 is 22.0 Å². The van der Waals surface area contributed by atoms with Gasteiger partial charge in [-0.15, -0.1) is 0 Å². The number of hydrogen-bond acceptors (Lipinski definition) is 8. The summed E-state index contributed by atoms with van der Waals surface area (Å²) in [6.07, 6.45) is 5.47. The molecule has 0 fully saturated rings. The lowest BCUT2D eigenvalue weighted by molar-refractivity contribution is 0.103. The monoisotopic (exact) mass is 491 g/mol. The molecule has 10 nitrogen and oxygen atoms in total. The lowest BCUT2D eigenvalue weighted by atomic mass is 10.0. The summed E-state index contributed by atoms with van der Waals surface area (Å²) in [5, 5.41) is 3.07. The predicted molar refractivity (Wildman–Crippen MR) is 126 cm³/mol. The fourth-order valence-corrected chi connectivity index (χ4v) is 4.27. The minimum absolute atomic E-state index is 0.131. The molecule has 13 heteroatoms. The zero-order valence-corrected chi connectivity index (χ0v) is 19.2. The van der Waals surface area contributed by atoms with Gasteiger partial charge in [-0.1, -0.05) is 6.92 Å².